The van der Waals surface area contributed by atoms with Crippen molar-refractivity contribution < 1.29 is 19.7 Å². The van der Waals surface area contributed by atoms with E-state index in [-0.39, 0.29) is 0 Å². The van der Waals surface area contributed by atoms with Crippen molar-refractivity contribution in [2.24, 2.45) is 0 Å². The van der Waals surface area contributed by atoms with Crippen molar-refractivity contribution in [2.45, 2.75) is 51.7 Å². The van der Waals surface area contributed by atoms with Gasteiger partial charge in [0.25, 0.3) is 0 Å². The Morgan fingerprint density at radius 3 is 2.50 bits per heavy atom. The quantitative estimate of drug-likeness (QED) is 0.354. The molecule has 2 N–H and O–H groups in total. The van der Waals surface area contributed by atoms with Crippen molar-refractivity contribution in [2.75, 3.05) is 6.61 Å². The van der Waals surface area contributed by atoms with Gasteiger partial charge in [0.1, 0.15) is 6.61 Å². The van der Waals surface area contributed by atoms with Gasteiger partial charge in [-0.25, -0.2) is 4.79 Å². The molecule has 0 fully saturated rings. The third kappa shape index (κ3) is 8.01. The Labute approximate surface area is 84.9 Å². The molecule has 1 atom stereocenters. The summed E-state index contributed by atoms with van der Waals surface area (Å²) in [5, 5.41) is 17.5. The van der Waals surface area contributed by atoms with Crippen LogP contribution in [0.5, 0.6) is 0 Å². The molecule has 14 heavy (non-hydrogen) atoms. The van der Waals surface area contributed by atoms with Crippen LogP contribution in [0.25, 0.3) is 0 Å². The van der Waals surface area contributed by atoms with Crippen molar-refractivity contribution in [3.05, 3.63) is 0 Å². The van der Waals surface area contributed by atoms with Gasteiger partial charge in [-0.05, 0) is 6.42 Å². The van der Waals surface area contributed by atoms with Gasteiger partial charge >= 0.3 is 5.97 Å². The lowest BCUT2D eigenvalue weighted by Gasteiger charge is -2.10. The molecule has 0 heterocycles. The van der Waals surface area contributed by atoms with E-state index in [9.17, 15) is 4.79 Å². The standard InChI is InChI=1S/C10H20O4/c1-2-3-4-5-6-7-9(12)14-10(13)8-11/h9,11-12H,2-8H2,1H3. The summed E-state index contributed by atoms with van der Waals surface area (Å²) >= 11 is 0. The van der Waals surface area contributed by atoms with E-state index in [1.54, 1.807) is 0 Å². The first-order chi connectivity index (χ1) is 6.70. The maximum Gasteiger partial charge on any atom is 0.334 e. The summed E-state index contributed by atoms with van der Waals surface area (Å²) in [4.78, 5) is 10.5. The normalized spacial score (nSPS) is 12.5. The van der Waals surface area contributed by atoms with Gasteiger partial charge in [0.05, 0.1) is 0 Å². The lowest BCUT2D eigenvalue weighted by molar-refractivity contribution is -0.171. The monoisotopic (exact) mass is 204 g/mol. The minimum absolute atomic E-state index is 0.454. The predicted octanol–water partition coefficient (Wildman–Crippen LogP) is 1.20. The summed E-state index contributed by atoms with van der Waals surface area (Å²) in [6, 6.07) is 0. The van der Waals surface area contributed by atoms with E-state index in [2.05, 4.69) is 11.7 Å². The molecule has 0 saturated heterocycles. The summed E-state index contributed by atoms with van der Waals surface area (Å²) in [5.74, 6) is -0.772. The average molecular weight is 204 g/mol. The Morgan fingerprint density at radius 2 is 1.93 bits per heavy atom. The minimum atomic E-state index is -1.06. The number of aliphatic hydroxyl groups excluding tert-OH is 2. The predicted molar refractivity (Wildman–Crippen MR) is 52.6 cm³/mol. The summed E-state index contributed by atoms with van der Waals surface area (Å²) in [5.41, 5.74) is 0. The molecule has 0 aliphatic carbocycles. The number of aliphatic hydroxyl groups is 2. The van der Waals surface area contributed by atoms with Crippen LogP contribution in [0.4, 0.5) is 0 Å². The molecule has 0 amide bonds. The zero-order valence-electron chi connectivity index (χ0n) is 8.74. The van der Waals surface area contributed by atoms with E-state index >= 15 is 0 Å². The van der Waals surface area contributed by atoms with Crippen molar-refractivity contribution in [3.63, 3.8) is 0 Å². The number of carbonyl (C=O) groups is 1. The molecule has 0 spiro atoms. The van der Waals surface area contributed by atoms with Gasteiger partial charge in [-0.3, -0.25) is 0 Å². The van der Waals surface area contributed by atoms with Crippen LogP contribution in [0.2, 0.25) is 0 Å². The Morgan fingerprint density at radius 1 is 1.29 bits per heavy atom. The Bertz CT molecular complexity index is 147. The van der Waals surface area contributed by atoms with E-state index in [4.69, 9.17) is 10.2 Å². The van der Waals surface area contributed by atoms with E-state index < -0.39 is 18.9 Å². The fourth-order valence-corrected chi connectivity index (χ4v) is 1.17. The highest BCUT2D eigenvalue weighted by Gasteiger charge is 2.08. The van der Waals surface area contributed by atoms with Crippen LogP contribution in [0.3, 0.4) is 0 Å². The molecule has 1 unspecified atom stereocenters. The van der Waals surface area contributed by atoms with Crippen LogP contribution in [0, 0.1) is 0 Å². The molecule has 0 aliphatic rings. The largest absolute Gasteiger partial charge is 0.434 e. The van der Waals surface area contributed by atoms with Crippen LogP contribution in [-0.2, 0) is 9.53 Å². The van der Waals surface area contributed by atoms with E-state index in [1.165, 1.54) is 12.8 Å². The van der Waals surface area contributed by atoms with Crippen LogP contribution in [0.15, 0.2) is 0 Å². The highest BCUT2D eigenvalue weighted by molar-refractivity contribution is 5.70. The number of rotatable bonds is 8. The molecule has 0 rings (SSSR count). The highest BCUT2D eigenvalue weighted by atomic mass is 16.6. The van der Waals surface area contributed by atoms with Gasteiger partial charge in [-0.2, -0.15) is 0 Å². The summed E-state index contributed by atoms with van der Waals surface area (Å²) < 4.78 is 4.47. The fraction of sp³-hybridized carbons (Fsp3) is 0.900. The van der Waals surface area contributed by atoms with E-state index in [0.717, 1.165) is 19.3 Å². The maximum absolute atomic E-state index is 10.5. The van der Waals surface area contributed by atoms with Crippen LogP contribution in [-0.4, -0.2) is 29.1 Å². The second kappa shape index (κ2) is 8.97. The molecule has 0 bridgehead atoms. The molecule has 84 valence electrons. The van der Waals surface area contributed by atoms with Crippen LogP contribution >= 0.6 is 0 Å². The molecule has 0 aliphatic heterocycles. The number of hydrogen-bond acceptors (Lipinski definition) is 4. The topological polar surface area (TPSA) is 66.8 Å². The van der Waals surface area contributed by atoms with Gasteiger partial charge < -0.3 is 14.9 Å². The first-order valence-corrected chi connectivity index (χ1v) is 5.19. The Kier molecular flexibility index (Phi) is 8.57. The molecular weight excluding hydrogens is 184 g/mol. The number of unbranched alkanes of at least 4 members (excludes halogenated alkanes) is 4. The SMILES string of the molecule is CCCCCCCC(O)OC(=O)CO. The second-order valence-electron chi connectivity index (χ2n) is 3.31. The highest BCUT2D eigenvalue weighted by Crippen LogP contribution is 2.07. The van der Waals surface area contributed by atoms with E-state index in [1.807, 2.05) is 0 Å². The third-order valence-electron chi connectivity index (χ3n) is 1.95. The number of esters is 1. The number of ether oxygens (including phenoxy) is 1. The Hall–Kier alpha value is -0.610. The van der Waals surface area contributed by atoms with E-state index in [0.29, 0.717) is 6.42 Å². The summed E-state index contributed by atoms with van der Waals surface area (Å²) in [6.45, 7) is 1.46. The molecular formula is C10H20O4. The smallest absolute Gasteiger partial charge is 0.334 e. The molecule has 0 aromatic rings. The molecule has 0 saturated carbocycles. The lowest BCUT2D eigenvalue weighted by atomic mass is 10.1. The van der Waals surface area contributed by atoms with Gasteiger partial charge in [0, 0.05) is 6.42 Å². The van der Waals surface area contributed by atoms with Crippen molar-refractivity contribution in [1.29, 1.82) is 0 Å². The first kappa shape index (κ1) is 13.4. The molecule has 0 radical (unpaired) electrons. The minimum Gasteiger partial charge on any atom is -0.434 e. The van der Waals surface area contributed by atoms with Gasteiger partial charge in [-0.15, -0.1) is 0 Å². The van der Waals surface area contributed by atoms with Gasteiger partial charge in [0.15, 0.2) is 0 Å². The fourth-order valence-electron chi connectivity index (χ4n) is 1.17. The Balaban J connectivity index is 3.26. The maximum atomic E-state index is 10.5. The van der Waals surface area contributed by atoms with Crippen molar-refractivity contribution in [1.82, 2.24) is 0 Å². The van der Waals surface area contributed by atoms with Crippen LogP contribution in [0.1, 0.15) is 45.4 Å². The average Bonchev–Trinajstić information content (AvgIpc) is 2.17. The summed E-state index contributed by atoms with van der Waals surface area (Å²) in [6.07, 6.45) is 4.82. The zero-order valence-corrected chi connectivity index (χ0v) is 8.74. The van der Waals surface area contributed by atoms with Crippen molar-refractivity contribution in [3.8, 4) is 0 Å². The third-order valence-corrected chi connectivity index (χ3v) is 1.95. The first-order valence-electron chi connectivity index (χ1n) is 5.19. The number of hydrogen-bond donors (Lipinski definition) is 2. The lowest BCUT2D eigenvalue weighted by Crippen LogP contribution is -2.19. The zero-order chi connectivity index (χ0) is 10.8. The molecule has 4 nitrogen and oxygen atoms in total. The van der Waals surface area contributed by atoms with Gasteiger partial charge in [0.2, 0.25) is 6.29 Å². The second-order valence-corrected chi connectivity index (χ2v) is 3.31. The number of carbonyl (C=O) groups excluding carboxylic acids is 1. The van der Waals surface area contributed by atoms with Gasteiger partial charge in [-0.1, -0.05) is 32.6 Å². The molecule has 4 heteroatoms. The molecule has 0 aromatic carbocycles. The van der Waals surface area contributed by atoms with Crippen molar-refractivity contribution >= 4 is 5.97 Å². The van der Waals surface area contributed by atoms with Crippen LogP contribution < -0.4 is 0 Å². The molecule has 0 aromatic heterocycles. The summed E-state index contributed by atoms with van der Waals surface area (Å²) in [7, 11) is 0.